The highest BCUT2D eigenvalue weighted by molar-refractivity contribution is 7.92. The minimum absolute atomic E-state index is 0.0143. The van der Waals surface area contributed by atoms with E-state index in [4.69, 9.17) is 4.74 Å². The van der Waals surface area contributed by atoms with E-state index in [1.807, 2.05) is 0 Å². The SMILES string of the molecule is CS(=O)(=O)N(CCCC(=O)NCCOc1ccc(F)cc1)c1ccc(F)c(F)c1. The summed E-state index contributed by atoms with van der Waals surface area (Å²) in [5.41, 5.74) is -0.0143. The number of carbonyl (C=O) groups is 1. The molecule has 0 atom stereocenters. The van der Waals surface area contributed by atoms with Crippen molar-refractivity contribution in [2.24, 2.45) is 0 Å². The predicted molar refractivity (Wildman–Crippen MR) is 103 cm³/mol. The maximum atomic E-state index is 13.4. The lowest BCUT2D eigenvalue weighted by atomic mass is 10.2. The zero-order valence-corrected chi connectivity index (χ0v) is 16.5. The summed E-state index contributed by atoms with van der Waals surface area (Å²) in [6, 6.07) is 8.25. The normalized spacial score (nSPS) is 11.2. The second kappa shape index (κ2) is 10.1. The van der Waals surface area contributed by atoms with E-state index >= 15 is 0 Å². The Bertz CT molecular complexity index is 937. The number of halogens is 3. The zero-order valence-electron chi connectivity index (χ0n) is 15.7. The number of nitrogens with zero attached hydrogens (tertiary/aromatic N) is 1. The molecular weight excluding hydrogens is 409 g/mol. The fourth-order valence-electron chi connectivity index (χ4n) is 2.49. The summed E-state index contributed by atoms with van der Waals surface area (Å²) in [5.74, 6) is -2.46. The molecule has 2 rings (SSSR count). The van der Waals surface area contributed by atoms with Gasteiger partial charge < -0.3 is 10.1 Å². The topological polar surface area (TPSA) is 75.7 Å². The number of rotatable bonds is 10. The summed E-state index contributed by atoms with van der Waals surface area (Å²) in [6.07, 6.45) is 1.16. The van der Waals surface area contributed by atoms with Crippen molar-refractivity contribution >= 4 is 21.6 Å². The van der Waals surface area contributed by atoms with E-state index < -0.39 is 21.7 Å². The van der Waals surface area contributed by atoms with Crippen molar-refractivity contribution in [2.75, 3.05) is 30.3 Å². The van der Waals surface area contributed by atoms with Crippen LogP contribution in [0.1, 0.15) is 12.8 Å². The van der Waals surface area contributed by atoms with Gasteiger partial charge >= 0.3 is 0 Å². The Morgan fingerprint density at radius 1 is 1.07 bits per heavy atom. The molecular formula is C19H21F3N2O4S. The number of anilines is 1. The molecule has 29 heavy (non-hydrogen) atoms. The molecule has 10 heteroatoms. The molecule has 0 radical (unpaired) electrons. The minimum Gasteiger partial charge on any atom is -0.492 e. The van der Waals surface area contributed by atoms with E-state index in [9.17, 15) is 26.4 Å². The number of hydrogen-bond acceptors (Lipinski definition) is 4. The Kier molecular flexibility index (Phi) is 7.89. The number of benzene rings is 2. The van der Waals surface area contributed by atoms with Crippen molar-refractivity contribution in [1.29, 1.82) is 0 Å². The summed E-state index contributed by atoms with van der Waals surface area (Å²) in [4.78, 5) is 11.9. The molecule has 1 N–H and O–H groups in total. The van der Waals surface area contributed by atoms with E-state index in [-0.39, 0.29) is 49.9 Å². The second-order valence-electron chi connectivity index (χ2n) is 6.19. The van der Waals surface area contributed by atoms with Crippen molar-refractivity contribution in [3.63, 3.8) is 0 Å². The van der Waals surface area contributed by atoms with Crippen LogP contribution in [0.3, 0.4) is 0 Å². The summed E-state index contributed by atoms with van der Waals surface area (Å²) >= 11 is 0. The first-order chi connectivity index (χ1) is 13.7. The largest absolute Gasteiger partial charge is 0.492 e. The molecule has 0 aliphatic rings. The van der Waals surface area contributed by atoms with Gasteiger partial charge in [-0.3, -0.25) is 9.10 Å². The molecule has 6 nitrogen and oxygen atoms in total. The fourth-order valence-corrected chi connectivity index (χ4v) is 3.45. The van der Waals surface area contributed by atoms with Crippen LogP contribution >= 0.6 is 0 Å². The van der Waals surface area contributed by atoms with Gasteiger partial charge in [0.25, 0.3) is 0 Å². The highest BCUT2D eigenvalue weighted by Crippen LogP contribution is 2.21. The molecule has 0 saturated heterocycles. The minimum atomic E-state index is -3.73. The van der Waals surface area contributed by atoms with Gasteiger partial charge in [-0.1, -0.05) is 0 Å². The number of ether oxygens (including phenoxy) is 1. The van der Waals surface area contributed by atoms with Crippen LogP contribution in [0, 0.1) is 17.5 Å². The molecule has 0 fully saturated rings. The Balaban J connectivity index is 1.77. The lowest BCUT2D eigenvalue weighted by Crippen LogP contribution is -2.33. The molecule has 2 aromatic carbocycles. The van der Waals surface area contributed by atoms with Crippen LogP contribution < -0.4 is 14.4 Å². The van der Waals surface area contributed by atoms with Crippen molar-refractivity contribution in [3.8, 4) is 5.75 Å². The highest BCUT2D eigenvalue weighted by atomic mass is 32.2. The quantitative estimate of drug-likeness (QED) is 0.588. The Hall–Kier alpha value is -2.75. The molecule has 0 heterocycles. The fraction of sp³-hybridized carbons (Fsp3) is 0.316. The summed E-state index contributed by atoms with van der Waals surface area (Å²) in [6.45, 7) is 0.334. The third-order valence-corrected chi connectivity index (χ3v) is 5.06. The van der Waals surface area contributed by atoms with Crippen LogP contribution in [-0.4, -0.2) is 40.3 Å². The smallest absolute Gasteiger partial charge is 0.232 e. The van der Waals surface area contributed by atoms with Gasteiger partial charge in [0.1, 0.15) is 18.2 Å². The second-order valence-corrected chi connectivity index (χ2v) is 8.10. The van der Waals surface area contributed by atoms with E-state index in [2.05, 4.69) is 5.32 Å². The number of carbonyl (C=O) groups excluding carboxylic acids is 1. The van der Waals surface area contributed by atoms with E-state index in [0.29, 0.717) is 5.75 Å². The lowest BCUT2D eigenvalue weighted by molar-refractivity contribution is -0.121. The zero-order chi connectivity index (χ0) is 21.4. The van der Waals surface area contributed by atoms with Gasteiger partial charge in [0.2, 0.25) is 15.9 Å². The molecule has 158 valence electrons. The van der Waals surface area contributed by atoms with Crippen molar-refractivity contribution < 1.29 is 31.1 Å². The first-order valence-electron chi connectivity index (χ1n) is 8.74. The van der Waals surface area contributed by atoms with Crippen molar-refractivity contribution in [3.05, 3.63) is 59.9 Å². The van der Waals surface area contributed by atoms with Crippen LogP contribution in [0.4, 0.5) is 18.9 Å². The molecule has 1 amide bonds. The van der Waals surface area contributed by atoms with E-state index in [1.54, 1.807) is 0 Å². The first-order valence-corrected chi connectivity index (χ1v) is 10.6. The van der Waals surface area contributed by atoms with Crippen molar-refractivity contribution in [1.82, 2.24) is 5.32 Å². The first kappa shape index (κ1) is 22.5. The number of amides is 1. The van der Waals surface area contributed by atoms with Gasteiger partial charge in [-0.25, -0.2) is 21.6 Å². The number of sulfonamides is 1. The van der Waals surface area contributed by atoms with Crippen LogP contribution in [0.15, 0.2) is 42.5 Å². The van der Waals surface area contributed by atoms with Gasteiger partial charge in [-0.05, 0) is 42.8 Å². The average Bonchev–Trinajstić information content (AvgIpc) is 2.65. The maximum Gasteiger partial charge on any atom is 0.232 e. The molecule has 0 spiro atoms. The van der Waals surface area contributed by atoms with Crippen LogP contribution in [0.25, 0.3) is 0 Å². The molecule has 0 unspecified atom stereocenters. The van der Waals surface area contributed by atoms with E-state index in [0.717, 1.165) is 28.8 Å². The molecule has 0 aliphatic heterocycles. The highest BCUT2D eigenvalue weighted by Gasteiger charge is 2.19. The van der Waals surface area contributed by atoms with Gasteiger partial charge in [-0.15, -0.1) is 0 Å². The summed E-state index contributed by atoms with van der Waals surface area (Å²) in [7, 11) is -3.73. The van der Waals surface area contributed by atoms with Gasteiger partial charge in [0.15, 0.2) is 11.6 Å². The Morgan fingerprint density at radius 3 is 2.38 bits per heavy atom. The monoisotopic (exact) mass is 430 g/mol. The standard InChI is InChI=1S/C19H21F3N2O4S/c1-29(26,27)24(15-6-9-17(21)18(22)13-15)11-2-3-19(25)23-10-12-28-16-7-4-14(20)5-8-16/h4-9,13H,2-3,10-12H2,1H3,(H,23,25). The molecule has 0 bridgehead atoms. The van der Waals surface area contributed by atoms with Crippen LogP contribution in [0.5, 0.6) is 5.75 Å². The molecule has 2 aromatic rings. The summed E-state index contributed by atoms with van der Waals surface area (Å²) in [5, 5.41) is 2.62. The third kappa shape index (κ3) is 7.30. The number of nitrogens with one attached hydrogen (secondary N) is 1. The van der Waals surface area contributed by atoms with Crippen molar-refractivity contribution in [2.45, 2.75) is 12.8 Å². The molecule has 0 saturated carbocycles. The summed E-state index contributed by atoms with van der Waals surface area (Å²) < 4.78 is 69.4. The van der Waals surface area contributed by atoms with Gasteiger partial charge in [-0.2, -0.15) is 0 Å². The maximum absolute atomic E-state index is 13.4. The Morgan fingerprint density at radius 2 is 1.76 bits per heavy atom. The third-order valence-electron chi connectivity index (χ3n) is 3.86. The molecule has 0 aliphatic carbocycles. The van der Waals surface area contributed by atoms with Crippen LogP contribution in [0.2, 0.25) is 0 Å². The predicted octanol–water partition coefficient (Wildman–Crippen LogP) is 2.85. The van der Waals surface area contributed by atoms with Gasteiger partial charge in [0, 0.05) is 19.0 Å². The molecule has 0 aromatic heterocycles. The van der Waals surface area contributed by atoms with E-state index in [1.165, 1.54) is 24.3 Å². The van der Waals surface area contributed by atoms with Crippen LogP contribution in [-0.2, 0) is 14.8 Å². The van der Waals surface area contributed by atoms with Gasteiger partial charge in [0.05, 0.1) is 18.5 Å². The lowest BCUT2D eigenvalue weighted by Gasteiger charge is -2.22. The Labute approximate surface area is 167 Å². The average molecular weight is 430 g/mol. The number of hydrogen-bond donors (Lipinski definition) is 1.